The number of aromatic nitrogens is 1. The van der Waals surface area contributed by atoms with Gasteiger partial charge in [0.1, 0.15) is 11.5 Å². The Labute approximate surface area is 133 Å². The second-order valence-electron chi connectivity index (χ2n) is 4.39. The number of benzene rings is 1. The van der Waals surface area contributed by atoms with Gasteiger partial charge in [0.25, 0.3) is 5.91 Å². The molecule has 0 spiro atoms. The zero-order chi connectivity index (χ0) is 15.2. The van der Waals surface area contributed by atoms with Crippen LogP contribution in [0.3, 0.4) is 0 Å². The van der Waals surface area contributed by atoms with Gasteiger partial charge in [0.2, 0.25) is 0 Å². The molecule has 0 atom stereocenters. The van der Waals surface area contributed by atoms with E-state index >= 15 is 0 Å². The maximum absolute atomic E-state index is 12.2. The van der Waals surface area contributed by atoms with Crippen LogP contribution in [-0.2, 0) is 0 Å². The number of nitrogens with zero attached hydrogens (tertiary/aromatic N) is 1. The maximum atomic E-state index is 12.2. The molecule has 0 radical (unpaired) electrons. The molecule has 4 nitrogen and oxygen atoms in total. The van der Waals surface area contributed by atoms with E-state index in [1.54, 1.807) is 30.3 Å². The van der Waals surface area contributed by atoms with Crippen LogP contribution < -0.4 is 10.6 Å². The predicted octanol–water partition coefficient (Wildman–Crippen LogP) is 4.46. The van der Waals surface area contributed by atoms with E-state index < -0.39 is 0 Å². The zero-order valence-corrected chi connectivity index (χ0v) is 13.0. The van der Waals surface area contributed by atoms with Crippen LogP contribution in [0.15, 0.2) is 36.4 Å². The Hall–Kier alpha value is -1.78. The van der Waals surface area contributed by atoms with E-state index in [0.29, 0.717) is 27.2 Å². The minimum Gasteiger partial charge on any atom is -0.370 e. The van der Waals surface area contributed by atoms with E-state index in [-0.39, 0.29) is 5.91 Å². The van der Waals surface area contributed by atoms with Crippen molar-refractivity contribution < 1.29 is 4.79 Å². The molecule has 0 aliphatic carbocycles. The van der Waals surface area contributed by atoms with Crippen LogP contribution in [0, 0.1) is 0 Å². The number of amides is 1. The van der Waals surface area contributed by atoms with E-state index in [9.17, 15) is 4.79 Å². The molecular weight excluding hydrogens is 309 g/mol. The highest BCUT2D eigenvalue weighted by Crippen LogP contribution is 2.29. The van der Waals surface area contributed by atoms with Gasteiger partial charge in [0, 0.05) is 6.54 Å². The van der Waals surface area contributed by atoms with Crippen LogP contribution in [0.5, 0.6) is 0 Å². The smallest absolute Gasteiger partial charge is 0.274 e. The lowest BCUT2D eigenvalue weighted by Crippen LogP contribution is -2.15. The van der Waals surface area contributed by atoms with E-state index in [2.05, 4.69) is 22.5 Å². The lowest BCUT2D eigenvalue weighted by Gasteiger charge is -2.09. The van der Waals surface area contributed by atoms with Crippen molar-refractivity contribution in [2.24, 2.45) is 0 Å². The molecule has 1 amide bonds. The van der Waals surface area contributed by atoms with E-state index in [4.69, 9.17) is 23.2 Å². The lowest BCUT2D eigenvalue weighted by molar-refractivity contribution is 0.102. The number of halogens is 2. The fourth-order valence-corrected chi connectivity index (χ4v) is 2.05. The third-order valence-electron chi connectivity index (χ3n) is 2.74. The molecule has 1 aromatic carbocycles. The quantitative estimate of drug-likeness (QED) is 0.853. The van der Waals surface area contributed by atoms with Gasteiger partial charge in [-0.15, -0.1) is 0 Å². The van der Waals surface area contributed by atoms with Crippen molar-refractivity contribution in [3.63, 3.8) is 0 Å². The second-order valence-corrected chi connectivity index (χ2v) is 5.18. The van der Waals surface area contributed by atoms with Crippen LogP contribution in [-0.4, -0.2) is 17.4 Å². The van der Waals surface area contributed by atoms with Crippen molar-refractivity contribution in [2.75, 3.05) is 17.2 Å². The number of hydrogen-bond acceptors (Lipinski definition) is 3. The summed E-state index contributed by atoms with van der Waals surface area (Å²) in [6.45, 7) is 2.86. The summed E-state index contributed by atoms with van der Waals surface area (Å²) in [5, 5.41) is 6.54. The van der Waals surface area contributed by atoms with Gasteiger partial charge in [-0.3, -0.25) is 4.79 Å². The lowest BCUT2D eigenvalue weighted by atomic mass is 10.3. The molecule has 0 saturated carbocycles. The van der Waals surface area contributed by atoms with E-state index in [1.165, 1.54) is 0 Å². The summed E-state index contributed by atoms with van der Waals surface area (Å²) in [6, 6.07) is 10.3. The molecule has 0 bridgehead atoms. The highest BCUT2D eigenvalue weighted by molar-refractivity contribution is 6.44. The average Bonchev–Trinajstić information content (AvgIpc) is 2.50. The first-order valence-electron chi connectivity index (χ1n) is 6.58. The summed E-state index contributed by atoms with van der Waals surface area (Å²) in [5.41, 5.74) is 0.773. The summed E-state index contributed by atoms with van der Waals surface area (Å²) in [5.74, 6) is 0.334. The maximum Gasteiger partial charge on any atom is 0.274 e. The van der Waals surface area contributed by atoms with Crippen LogP contribution in [0.1, 0.15) is 23.8 Å². The highest BCUT2D eigenvalue weighted by atomic mass is 35.5. The molecule has 6 heteroatoms. The average molecular weight is 324 g/mol. The van der Waals surface area contributed by atoms with Crippen LogP contribution in [0.4, 0.5) is 11.5 Å². The molecule has 0 unspecified atom stereocenters. The van der Waals surface area contributed by atoms with Crippen LogP contribution >= 0.6 is 23.2 Å². The van der Waals surface area contributed by atoms with Gasteiger partial charge < -0.3 is 10.6 Å². The second kappa shape index (κ2) is 7.29. The van der Waals surface area contributed by atoms with Gasteiger partial charge in [-0.1, -0.05) is 42.3 Å². The molecule has 0 fully saturated rings. The van der Waals surface area contributed by atoms with Gasteiger partial charge in [-0.05, 0) is 30.7 Å². The first-order valence-corrected chi connectivity index (χ1v) is 7.33. The van der Waals surface area contributed by atoms with Gasteiger partial charge in [-0.25, -0.2) is 4.98 Å². The molecular formula is C15H15Cl2N3O. The highest BCUT2D eigenvalue weighted by Gasteiger charge is 2.11. The summed E-state index contributed by atoms with van der Waals surface area (Å²) < 4.78 is 0. The van der Waals surface area contributed by atoms with Crippen molar-refractivity contribution in [3.8, 4) is 0 Å². The largest absolute Gasteiger partial charge is 0.370 e. The minimum absolute atomic E-state index is 0.312. The molecule has 2 rings (SSSR count). The van der Waals surface area contributed by atoms with Gasteiger partial charge in [0.15, 0.2) is 0 Å². The third-order valence-corrected chi connectivity index (χ3v) is 3.56. The molecule has 1 heterocycles. The van der Waals surface area contributed by atoms with E-state index in [0.717, 1.165) is 13.0 Å². The summed E-state index contributed by atoms with van der Waals surface area (Å²) in [6.07, 6.45) is 0.982. The van der Waals surface area contributed by atoms with Crippen molar-refractivity contribution in [1.82, 2.24) is 4.98 Å². The number of anilines is 2. The first-order chi connectivity index (χ1) is 10.1. The van der Waals surface area contributed by atoms with Gasteiger partial charge in [-0.2, -0.15) is 0 Å². The molecule has 0 aliphatic heterocycles. The predicted molar refractivity (Wildman–Crippen MR) is 87.4 cm³/mol. The molecule has 2 N–H and O–H groups in total. The number of carbonyl (C=O) groups excluding carboxylic acids is 1. The molecule has 1 aromatic heterocycles. The Morgan fingerprint density at radius 1 is 1.19 bits per heavy atom. The molecule has 21 heavy (non-hydrogen) atoms. The number of hydrogen-bond donors (Lipinski definition) is 2. The monoisotopic (exact) mass is 323 g/mol. The molecule has 2 aromatic rings. The Morgan fingerprint density at radius 2 is 1.95 bits per heavy atom. The Kier molecular flexibility index (Phi) is 5.42. The van der Waals surface area contributed by atoms with Crippen LogP contribution in [0.2, 0.25) is 10.0 Å². The number of pyridine rings is 1. The Bertz CT molecular complexity index is 647. The topological polar surface area (TPSA) is 54.0 Å². The summed E-state index contributed by atoms with van der Waals surface area (Å²) in [7, 11) is 0. The number of rotatable bonds is 5. The van der Waals surface area contributed by atoms with Crippen molar-refractivity contribution in [3.05, 3.63) is 52.1 Å². The van der Waals surface area contributed by atoms with Gasteiger partial charge in [0.05, 0.1) is 15.7 Å². The van der Waals surface area contributed by atoms with Gasteiger partial charge >= 0.3 is 0 Å². The zero-order valence-electron chi connectivity index (χ0n) is 11.5. The SMILES string of the molecule is CCCNc1cccc(C(=O)Nc2cccc(Cl)c2Cl)n1. The third kappa shape index (κ3) is 4.09. The summed E-state index contributed by atoms with van der Waals surface area (Å²) >= 11 is 12.0. The van der Waals surface area contributed by atoms with Crippen molar-refractivity contribution in [1.29, 1.82) is 0 Å². The fraction of sp³-hybridized carbons (Fsp3) is 0.200. The van der Waals surface area contributed by atoms with Crippen LogP contribution in [0.25, 0.3) is 0 Å². The normalized spacial score (nSPS) is 10.2. The molecule has 0 saturated heterocycles. The standard InChI is InChI=1S/C15H15Cl2N3O/c1-2-9-18-13-8-4-7-12(19-13)15(21)20-11-6-3-5-10(16)14(11)17/h3-8H,2,9H2,1H3,(H,18,19)(H,20,21). The van der Waals surface area contributed by atoms with Crippen molar-refractivity contribution in [2.45, 2.75) is 13.3 Å². The fourth-order valence-electron chi connectivity index (χ4n) is 1.70. The van der Waals surface area contributed by atoms with E-state index in [1.807, 2.05) is 6.07 Å². The molecule has 110 valence electrons. The van der Waals surface area contributed by atoms with Crippen molar-refractivity contribution >= 4 is 40.6 Å². The minimum atomic E-state index is -0.334. The number of carbonyl (C=O) groups is 1. The Balaban J connectivity index is 2.15. The summed E-state index contributed by atoms with van der Waals surface area (Å²) in [4.78, 5) is 16.5. The number of nitrogens with one attached hydrogen (secondary N) is 2. The first kappa shape index (κ1) is 15.6. The Morgan fingerprint density at radius 3 is 2.71 bits per heavy atom. The molecule has 0 aliphatic rings.